The molecule has 1 N–H and O–H groups in total. The van der Waals surface area contributed by atoms with Crippen molar-refractivity contribution in [1.29, 1.82) is 0 Å². The largest absolute Gasteiger partial charge is 0.506 e. The van der Waals surface area contributed by atoms with Crippen LogP contribution in [0.3, 0.4) is 0 Å². The van der Waals surface area contributed by atoms with Gasteiger partial charge < -0.3 is 9.84 Å². The number of hydrogen-bond acceptors (Lipinski definition) is 5. The van der Waals surface area contributed by atoms with Crippen LogP contribution in [0, 0.1) is 0 Å². The normalized spacial score (nSPS) is 10.8. The number of phenolic OH excluding ortho intramolecular Hbond substituents is 1. The molecule has 0 aliphatic carbocycles. The lowest BCUT2D eigenvalue weighted by Crippen LogP contribution is -2.11. The summed E-state index contributed by atoms with van der Waals surface area (Å²) in [6.07, 6.45) is 1.22. The summed E-state index contributed by atoms with van der Waals surface area (Å²) in [6, 6.07) is 11.0. The molecule has 0 unspecified atom stereocenters. The van der Waals surface area contributed by atoms with Crippen molar-refractivity contribution in [3.8, 4) is 11.4 Å². The molecule has 3 aromatic rings. The highest BCUT2D eigenvalue weighted by molar-refractivity contribution is 5.86. The summed E-state index contributed by atoms with van der Waals surface area (Å²) in [7, 11) is 0. The second kappa shape index (κ2) is 7.39. The average molecular weight is 351 g/mol. The molecular formula is C20H21N3O3. The fraction of sp³-hybridized carbons (Fsp3) is 0.250. The van der Waals surface area contributed by atoms with Crippen LogP contribution in [-0.2, 0) is 22.4 Å². The summed E-state index contributed by atoms with van der Waals surface area (Å²) in [5.74, 6) is -0.285. The average Bonchev–Trinajstić information content (AvgIpc) is 3.05. The van der Waals surface area contributed by atoms with Crippen molar-refractivity contribution < 1.29 is 14.6 Å². The van der Waals surface area contributed by atoms with Crippen molar-refractivity contribution >= 4 is 17.0 Å². The Morgan fingerprint density at radius 1 is 1.19 bits per heavy atom. The number of aromatic nitrogens is 3. The number of nitrogens with zero attached hydrogens (tertiary/aromatic N) is 3. The Hall–Kier alpha value is -3.15. The highest BCUT2D eigenvalue weighted by atomic mass is 16.5. The smallest absolute Gasteiger partial charge is 0.333 e. The van der Waals surface area contributed by atoms with Crippen molar-refractivity contribution in [3.63, 3.8) is 0 Å². The third-order valence-corrected chi connectivity index (χ3v) is 4.15. The molecule has 0 amide bonds. The topological polar surface area (TPSA) is 77.2 Å². The first kappa shape index (κ1) is 17.7. The Balaban J connectivity index is 1.94. The van der Waals surface area contributed by atoms with Crippen molar-refractivity contribution in [1.82, 2.24) is 15.0 Å². The SMILES string of the molecule is C=C(C)C(=O)OCCc1ccc(O)c(-n2nc3ccccc3n2)c1CC. The lowest BCUT2D eigenvalue weighted by molar-refractivity contribution is -0.138. The maximum absolute atomic E-state index is 11.5. The number of ether oxygens (including phenoxy) is 1. The lowest BCUT2D eigenvalue weighted by atomic mass is 10.00. The Kier molecular flexibility index (Phi) is 5.02. The van der Waals surface area contributed by atoms with Gasteiger partial charge in [-0.2, -0.15) is 0 Å². The fourth-order valence-corrected chi connectivity index (χ4v) is 2.85. The number of fused-ring (bicyclic) bond motifs is 1. The number of esters is 1. The first-order valence-corrected chi connectivity index (χ1v) is 8.50. The Labute approximate surface area is 151 Å². The van der Waals surface area contributed by atoms with E-state index in [0.717, 1.165) is 22.2 Å². The molecule has 0 fully saturated rings. The molecule has 134 valence electrons. The number of carbonyl (C=O) groups is 1. The van der Waals surface area contributed by atoms with Gasteiger partial charge in [0.2, 0.25) is 0 Å². The predicted molar refractivity (Wildman–Crippen MR) is 99.4 cm³/mol. The van der Waals surface area contributed by atoms with Crippen LogP contribution in [0.25, 0.3) is 16.7 Å². The minimum absolute atomic E-state index is 0.116. The van der Waals surface area contributed by atoms with Crippen molar-refractivity contribution in [3.05, 3.63) is 59.7 Å². The van der Waals surface area contributed by atoms with Gasteiger partial charge in [-0.15, -0.1) is 15.0 Å². The van der Waals surface area contributed by atoms with E-state index in [4.69, 9.17) is 4.74 Å². The predicted octanol–water partition coefficient (Wildman–Crippen LogP) is 3.35. The minimum Gasteiger partial charge on any atom is -0.506 e. The molecule has 0 aliphatic heterocycles. The van der Waals surface area contributed by atoms with Crippen LogP contribution in [0.1, 0.15) is 25.0 Å². The summed E-state index contributed by atoms with van der Waals surface area (Å²) in [6.45, 7) is 7.44. The van der Waals surface area contributed by atoms with E-state index < -0.39 is 5.97 Å². The van der Waals surface area contributed by atoms with E-state index in [9.17, 15) is 9.90 Å². The number of benzene rings is 2. The quantitative estimate of drug-likeness (QED) is 0.544. The van der Waals surface area contributed by atoms with Crippen LogP contribution in [0.2, 0.25) is 0 Å². The highest BCUT2D eigenvalue weighted by Gasteiger charge is 2.17. The van der Waals surface area contributed by atoms with E-state index in [1.54, 1.807) is 13.0 Å². The molecule has 2 aromatic carbocycles. The summed E-state index contributed by atoms with van der Waals surface area (Å²) in [5.41, 5.74) is 4.37. The lowest BCUT2D eigenvalue weighted by Gasteiger charge is -2.14. The molecule has 26 heavy (non-hydrogen) atoms. The van der Waals surface area contributed by atoms with E-state index >= 15 is 0 Å². The monoisotopic (exact) mass is 351 g/mol. The van der Waals surface area contributed by atoms with Gasteiger partial charge >= 0.3 is 5.97 Å². The van der Waals surface area contributed by atoms with Gasteiger partial charge in [0.1, 0.15) is 22.5 Å². The van der Waals surface area contributed by atoms with E-state index in [-0.39, 0.29) is 12.4 Å². The molecule has 0 radical (unpaired) electrons. The molecule has 6 nitrogen and oxygen atoms in total. The summed E-state index contributed by atoms with van der Waals surface area (Å²) < 4.78 is 5.19. The van der Waals surface area contributed by atoms with E-state index in [0.29, 0.717) is 24.1 Å². The molecule has 6 heteroatoms. The van der Waals surface area contributed by atoms with Gasteiger partial charge in [-0.25, -0.2) is 4.79 Å². The molecule has 0 aliphatic rings. The maximum Gasteiger partial charge on any atom is 0.333 e. The van der Waals surface area contributed by atoms with Gasteiger partial charge in [0.05, 0.1) is 6.61 Å². The summed E-state index contributed by atoms with van der Waals surface area (Å²) in [4.78, 5) is 13.0. The van der Waals surface area contributed by atoms with Gasteiger partial charge in [-0.3, -0.25) is 0 Å². The number of phenols is 1. The number of aromatic hydroxyl groups is 1. The Morgan fingerprint density at radius 2 is 1.85 bits per heavy atom. The van der Waals surface area contributed by atoms with E-state index in [2.05, 4.69) is 16.8 Å². The highest BCUT2D eigenvalue weighted by Crippen LogP contribution is 2.29. The van der Waals surface area contributed by atoms with Gasteiger partial charge in [0, 0.05) is 12.0 Å². The van der Waals surface area contributed by atoms with Crippen LogP contribution in [0.15, 0.2) is 48.6 Å². The van der Waals surface area contributed by atoms with Gasteiger partial charge in [0.15, 0.2) is 0 Å². The Bertz CT molecular complexity index is 943. The molecule has 0 saturated carbocycles. The van der Waals surface area contributed by atoms with Crippen LogP contribution in [0.4, 0.5) is 0 Å². The summed E-state index contributed by atoms with van der Waals surface area (Å²) in [5, 5.41) is 19.4. The van der Waals surface area contributed by atoms with Crippen LogP contribution in [0.5, 0.6) is 5.75 Å². The first-order chi connectivity index (χ1) is 12.5. The molecule has 0 saturated heterocycles. The van der Waals surface area contributed by atoms with Crippen molar-refractivity contribution in [2.75, 3.05) is 6.61 Å². The number of carbonyl (C=O) groups excluding carboxylic acids is 1. The molecule has 0 atom stereocenters. The molecule has 0 spiro atoms. The van der Waals surface area contributed by atoms with Gasteiger partial charge in [0.25, 0.3) is 0 Å². The molecule has 1 aromatic heterocycles. The van der Waals surface area contributed by atoms with Gasteiger partial charge in [-0.05, 0) is 42.7 Å². The van der Waals surface area contributed by atoms with Crippen LogP contribution < -0.4 is 0 Å². The number of rotatable bonds is 6. The van der Waals surface area contributed by atoms with Crippen molar-refractivity contribution in [2.45, 2.75) is 26.7 Å². The third kappa shape index (κ3) is 3.44. The second-order valence-corrected chi connectivity index (χ2v) is 6.07. The third-order valence-electron chi connectivity index (χ3n) is 4.15. The molecule has 1 heterocycles. The van der Waals surface area contributed by atoms with E-state index in [1.165, 1.54) is 4.80 Å². The van der Waals surface area contributed by atoms with Crippen molar-refractivity contribution in [2.24, 2.45) is 0 Å². The minimum atomic E-state index is -0.401. The zero-order chi connectivity index (χ0) is 18.7. The maximum atomic E-state index is 11.5. The van der Waals surface area contributed by atoms with E-state index in [1.807, 2.05) is 37.3 Å². The van der Waals surface area contributed by atoms with Crippen LogP contribution in [-0.4, -0.2) is 32.7 Å². The van der Waals surface area contributed by atoms with Crippen LogP contribution >= 0.6 is 0 Å². The second-order valence-electron chi connectivity index (χ2n) is 6.07. The molecule has 3 rings (SSSR count). The fourth-order valence-electron chi connectivity index (χ4n) is 2.85. The Morgan fingerprint density at radius 3 is 2.42 bits per heavy atom. The van der Waals surface area contributed by atoms with Gasteiger partial charge in [-0.1, -0.05) is 31.7 Å². The zero-order valence-corrected chi connectivity index (χ0v) is 14.9. The molecular weight excluding hydrogens is 330 g/mol. The summed E-state index contributed by atoms with van der Waals surface area (Å²) >= 11 is 0. The zero-order valence-electron chi connectivity index (χ0n) is 14.9. The standard InChI is InChI=1S/C20H21N3O3/c1-4-15-14(11-12-26-20(25)13(2)3)9-10-18(24)19(15)23-21-16-7-5-6-8-17(16)22-23/h5-10,24H,2,4,11-12H2,1,3H3. The first-order valence-electron chi connectivity index (χ1n) is 8.50. The number of hydrogen-bond donors (Lipinski definition) is 1. The molecule has 0 bridgehead atoms.